The second kappa shape index (κ2) is 19.1. The van der Waals surface area contributed by atoms with Gasteiger partial charge in [0.25, 0.3) is 0 Å². The zero-order valence-corrected chi connectivity index (χ0v) is 30.2. The smallest absolute Gasteiger partial charge is 0.217 e. The second-order valence-corrected chi connectivity index (χ2v) is 14.0. The number of hydrogen-bond donors (Lipinski definition) is 14. The van der Waals surface area contributed by atoms with Gasteiger partial charge in [-0.15, -0.1) is 0 Å². The largest absolute Gasteiger partial charge is 0.544 e. The Bertz CT molecular complexity index is 1330. The molecule has 0 aliphatic carbocycles. The van der Waals surface area contributed by atoms with Crippen LogP contribution in [0.5, 0.6) is 0 Å². The van der Waals surface area contributed by atoms with E-state index in [9.17, 15) is 80.8 Å². The Morgan fingerprint density at radius 1 is 0.750 bits per heavy atom. The summed E-state index contributed by atoms with van der Waals surface area (Å²) in [7, 11) is 0. The minimum atomic E-state index is -3.23. The van der Waals surface area contributed by atoms with E-state index < -0.39 is 172 Å². The summed E-state index contributed by atoms with van der Waals surface area (Å²) >= 11 is 0. The minimum Gasteiger partial charge on any atom is -0.544 e. The lowest BCUT2D eigenvalue weighted by Crippen LogP contribution is -2.72. The third-order valence-electron chi connectivity index (χ3n) is 9.93. The molecule has 56 heavy (non-hydrogen) atoms. The maximum atomic E-state index is 12.7. The number of amides is 2. The normalized spacial score (nSPS) is 45.7. The number of aliphatic hydroxyl groups excluding tert-OH is 12. The predicted molar refractivity (Wildman–Crippen MR) is 170 cm³/mol. The van der Waals surface area contributed by atoms with Gasteiger partial charge in [0, 0.05) is 20.3 Å². The quantitative estimate of drug-likeness (QED) is 0.0773. The highest BCUT2D eigenvalue weighted by atomic mass is 16.8. The minimum absolute atomic E-state index is 0.773. The van der Waals surface area contributed by atoms with Crippen LogP contribution in [-0.4, -0.2) is 227 Å². The van der Waals surface area contributed by atoms with Crippen molar-refractivity contribution >= 4 is 17.8 Å². The van der Waals surface area contributed by atoms with Gasteiger partial charge in [-0.1, -0.05) is 0 Å². The van der Waals surface area contributed by atoms with E-state index in [-0.39, 0.29) is 0 Å². The maximum Gasteiger partial charge on any atom is 0.217 e. The van der Waals surface area contributed by atoms with Crippen molar-refractivity contribution in [2.24, 2.45) is 0 Å². The molecule has 0 aromatic rings. The standard InChI is InChI=1S/C31H52N2O23/c1-8-17(41)20(44)21(45)28(50-8)54-25-16(33-10(3)38)27(47)51-14(7-36)23(25)53-29-22(46)26(19(43)13(6-35)52-29)56-31(30(48)49)4-11(39)15(32-9(2)37)24(55-31)18(42)12(40)5-34/h8,11-29,34-36,39-47H,4-7H2,1-3H3,(H,32,37)(H,33,38)(H,48,49)/p-1. The Morgan fingerprint density at radius 3 is 1.88 bits per heavy atom. The molecule has 25 nitrogen and oxygen atoms in total. The number of rotatable bonds is 14. The average molecular weight is 820 g/mol. The summed E-state index contributed by atoms with van der Waals surface area (Å²) in [6, 6.07) is -3.26. The number of carbonyl (C=O) groups excluding carboxylic acids is 3. The van der Waals surface area contributed by atoms with Gasteiger partial charge >= 0.3 is 0 Å². The molecule has 14 N–H and O–H groups in total. The van der Waals surface area contributed by atoms with Crippen molar-refractivity contribution in [3.05, 3.63) is 0 Å². The molecule has 0 aromatic carbocycles. The highest BCUT2D eigenvalue weighted by Crippen LogP contribution is 2.38. The molecule has 21 atom stereocenters. The molecule has 4 heterocycles. The van der Waals surface area contributed by atoms with Crippen LogP contribution >= 0.6 is 0 Å². The zero-order chi connectivity index (χ0) is 42.0. The summed E-state index contributed by atoms with van der Waals surface area (Å²) < 4.78 is 39.5. The maximum absolute atomic E-state index is 12.7. The van der Waals surface area contributed by atoms with Gasteiger partial charge in [-0.05, 0) is 6.92 Å². The number of carboxylic acids is 1. The molecule has 4 rings (SSSR count). The molecule has 21 unspecified atom stereocenters. The number of aliphatic carboxylic acids is 1. The number of ether oxygens (including phenoxy) is 7. The summed E-state index contributed by atoms with van der Waals surface area (Å²) in [5.41, 5.74) is 0. The summed E-state index contributed by atoms with van der Waals surface area (Å²) in [6.45, 7) is 0.221. The number of nitrogens with one attached hydrogen (secondary N) is 2. The molecule has 324 valence electrons. The number of carboxylic acid groups (broad SMARTS) is 1. The van der Waals surface area contributed by atoms with Crippen LogP contribution in [0, 0.1) is 0 Å². The van der Waals surface area contributed by atoms with Crippen LogP contribution in [0.3, 0.4) is 0 Å². The predicted octanol–water partition coefficient (Wildman–Crippen LogP) is -10.6. The van der Waals surface area contributed by atoms with Gasteiger partial charge in [-0.2, -0.15) is 0 Å². The van der Waals surface area contributed by atoms with Crippen LogP contribution in [0.25, 0.3) is 0 Å². The third kappa shape index (κ3) is 9.74. The van der Waals surface area contributed by atoms with Crippen LogP contribution in [0.1, 0.15) is 27.2 Å². The van der Waals surface area contributed by atoms with E-state index in [1.165, 1.54) is 6.92 Å². The Balaban J connectivity index is 1.71. The number of aliphatic hydroxyl groups is 12. The van der Waals surface area contributed by atoms with Crippen LogP contribution in [-0.2, 0) is 47.5 Å². The van der Waals surface area contributed by atoms with Gasteiger partial charge in [0.05, 0.1) is 38.1 Å². The van der Waals surface area contributed by atoms with Gasteiger partial charge in [-0.25, -0.2) is 0 Å². The molecule has 0 spiro atoms. The Morgan fingerprint density at radius 2 is 1.32 bits per heavy atom. The lowest BCUT2D eigenvalue weighted by molar-refractivity contribution is -0.412. The van der Waals surface area contributed by atoms with Crippen molar-refractivity contribution in [3.63, 3.8) is 0 Å². The fourth-order valence-corrected chi connectivity index (χ4v) is 6.98. The molecule has 0 saturated carbocycles. The first kappa shape index (κ1) is 46.3. The van der Waals surface area contributed by atoms with Crippen LogP contribution in [0.15, 0.2) is 0 Å². The number of carbonyl (C=O) groups is 3. The first-order valence-corrected chi connectivity index (χ1v) is 17.6. The molecule has 0 aromatic heterocycles. The molecular formula is C31H51N2O23-. The van der Waals surface area contributed by atoms with Gasteiger partial charge in [0.2, 0.25) is 17.6 Å². The Labute approximate surface area is 317 Å². The molecule has 4 aliphatic rings. The van der Waals surface area contributed by atoms with Gasteiger partial charge in [0.15, 0.2) is 18.9 Å². The highest BCUT2D eigenvalue weighted by Gasteiger charge is 2.58. The molecule has 25 heteroatoms. The van der Waals surface area contributed by atoms with Gasteiger partial charge in [0.1, 0.15) is 91.4 Å². The van der Waals surface area contributed by atoms with Crippen molar-refractivity contribution in [1.29, 1.82) is 0 Å². The monoisotopic (exact) mass is 819 g/mol. The van der Waals surface area contributed by atoms with E-state index in [0.29, 0.717) is 0 Å². The molecule has 4 aliphatic heterocycles. The van der Waals surface area contributed by atoms with Crippen molar-refractivity contribution < 1.29 is 114 Å². The lowest BCUT2D eigenvalue weighted by Gasteiger charge is -2.52. The average Bonchev–Trinajstić information content (AvgIpc) is 3.14. The van der Waals surface area contributed by atoms with E-state index >= 15 is 0 Å². The first-order chi connectivity index (χ1) is 26.2. The van der Waals surface area contributed by atoms with Crippen LogP contribution in [0.4, 0.5) is 0 Å². The van der Waals surface area contributed by atoms with E-state index in [0.717, 1.165) is 13.8 Å². The summed E-state index contributed by atoms with van der Waals surface area (Å²) in [5.74, 6) is -7.07. The van der Waals surface area contributed by atoms with Gasteiger partial charge in [-0.3, -0.25) is 9.59 Å². The summed E-state index contributed by atoms with van der Waals surface area (Å²) in [6.07, 6.45) is -35.5. The Kier molecular flexibility index (Phi) is 15.8. The SMILES string of the molecule is CC(=O)NC1C(O)CC(OC2C(O)C(CO)OC(OC3C(CO)OC(O)C(NC(C)=O)C3OC3OC(C)C(O)C(O)C3O)C2O)(C(=O)[O-])OC1C(O)C(O)CO. The third-order valence-corrected chi connectivity index (χ3v) is 9.93. The van der Waals surface area contributed by atoms with Crippen molar-refractivity contribution in [1.82, 2.24) is 10.6 Å². The van der Waals surface area contributed by atoms with Crippen molar-refractivity contribution in [3.8, 4) is 0 Å². The summed E-state index contributed by atoms with van der Waals surface area (Å²) in [4.78, 5) is 36.8. The second-order valence-electron chi connectivity index (χ2n) is 14.0. The van der Waals surface area contributed by atoms with Crippen LogP contribution < -0.4 is 15.7 Å². The van der Waals surface area contributed by atoms with E-state index in [4.69, 9.17) is 33.2 Å². The lowest BCUT2D eigenvalue weighted by atomic mass is 9.88. The summed E-state index contributed by atoms with van der Waals surface area (Å²) in [5, 5.41) is 144. The highest BCUT2D eigenvalue weighted by molar-refractivity contribution is 5.75. The molecule has 0 bridgehead atoms. The van der Waals surface area contributed by atoms with Gasteiger partial charge < -0.3 is 115 Å². The molecular weight excluding hydrogens is 768 g/mol. The topological polar surface area (TPSA) is 406 Å². The van der Waals surface area contributed by atoms with E-state index in [2.05, 4.69) is 10.6 Å². The van der Waals surface area contributed by atoms with Crippen molar-refractivity contribution in [2.45, 2.75) is 155 Å². The molecule has 2 amide bonds. The fourth-order valence-electron chi connectivity index (χ4n) is 6.98. The van der Waals surface area contributed by atoms with E-state index in [1.54, 1.807) is 0 Å². The molecule has 4 fully saturated rings. The van der Waals surface area contributed by atoms with E-state index in [1.807, 2.05) is 0 Å². The van der Waals surface area contributed by atoms with Crippen molar-refractivity contribution in [2.75, 3.05) is 19.8 Å². The molecule has 4 saturated heterocycles. The Hall–Kier alpha value is -2.35. The molecule has 0 radical (unpaired) electrons. The number of hydrogen-bond acceptors (Lipinski definition) is 23. The fraction of sp³-hybridized carbons (Fsp3) is 0.903. The first-order valence-electron chi connectivity index (χ1n) is 17.6. The van der Waals surface area contributed by atoms with Crippen LogP contribution in [0.2, 0.25) is 0 Å². The zero-order valence-electron chi connectivity index (χ0n) is 30.2.